The molecule has 19 heavy (non-hydrogen) atoms. The molecule has 0 amide bonds. The van der Waals surface area contributed by atoms with Crippen molar-refractivity contribution in [2.45, 2.75) is 6.92 Å². The van der Waals surface area contributed by atoms with E-state index in [1.54, 1.807) is 48.6 Å². The molecule has 0 radical (unpaired) electrons. The van der Waals surface area contributed by atoms with Crippen molar-refractivity contribution in [2.24, 2.45) is 0 Å². The van der Waals surface area contributed by atoms with Gasteiger partial charge in [0.15, 0.2) is 0 Å². The molecule has 0 spiro atoms. The summed E-state index contributed by atoms with van der Waals surface area (Å²) >= 11 is 0. The van der Waals surface area contributed by atoms with Gasteiger partial charge < -0.3 is 15.3 Å². The molecular weight excluding hydrogens is 288 g/mol. The first-order valence-corrected chi connectivity index (χ1v) is 5.24. The molecule has 0 aromatic heterocycles. The van der Waals surface area contributed by atoms with Crippen LogP contribution in [0.4, 0.5) is 0 Å². The average Bonchev–Trinajstić information content (AvgIpc) is 3.02. The van der Waals surface area contributed by atoms with Crippen molar-refractivity contribution in [1.82, 2.24) is 0 Å². The molecule has 4 nitrogen and oxygen atoms in total. The SMILES string of the molecule is CC(=O)C([O-])=C1C=CC=C1.[Fe+2].[O-]C(O)=C1C=CC=C1. The van der Waals surface area contributed by atoms with Crippen LogP contribution in [0.5, 0.6) is 0 Å². The van der Waals surface area contributed by atoms with Crippen LogP contribution in [-0.4, -0.2) is 10.9 Å². The number of ketones is 1. The molecule has 0 unspecified atom stereocenters. The fraction of sp³-hybridized carbons (Fsp3) is 0.0714. The Bertz CT molecular complexity index is 488. The monoisotopic (exact) mass is 300 g/mol. The predicted octanol–water partition coefficient (Wildman–Crippen LogP) is 0.556. The largest absolute Gasteiger partial charge is 2.00 e. The van der Waals surface area contributed by atoms with Crippen LogP contribution in [0.2, 0.25) is 0 Å². The van der Waals surface area contributed by atoms with Crippen LogP contribution in [-0.2, 0) is 21.9 Å². The Kier molecular flexibility index (Phi) is 7.34. The maximum atomic E-state index is 10.9. The number of Topliss-reactive ketones (excluding diaryl/α,β-unsaturated/α-hetero) is 1. The third kappa shape index (κ3) is 5.46. The Labute approximate surface area is 121 Å². The van der Waals surface area contributed by atoms with Gasteiger partial charge >= 0.3 is 17.1 Å². The molecule has 0 saturated heterocycles. The molecule has 0 aromatic carbocycles. The van der Waals surface area contributed by atoms with Crippen LogP contribution >= 0.6 is 0 Å². The number of hydrogen-bond donors (Lipinski definition) is 1. The zero-order chi connectivity index (χ0) is 13.5. The summed E-state index contributed by atoms with van der Waals surface area (Å²) in [5, 5.41) is 29.2. The van der Waals surface area contributed by atoms with Gasteiger partial charge in [0.25, 0.3) is 0 Å². The molecule has 0 aliphatic heterocycles. The van der Waals surface area contributed by atoms with Gasteiger partial charge in [-0.25, -0.2) is 0 Å². The van der Waals surface area contributed by atoms with Crippen LogP contribution in [0, 0.1) is 0 Å². The van der Waals surface area contributed by atoms with Crippen LogP contribution in [0.3, 0.4) is 0 Å². The number of carbonyl (C=O) groups is 1. The number of carbonyl (C=O) groups excluding carboxylic acids is 1. The molecule has 100 valence electrons. The number of hydrogen-bond acceptors (Lipinski definition) is 4. The van der Waals surface area contributed by atoms with E-state index >= 15 is 0 Å². The van der Waals surface area contributed by atoms with Gasteiger partial charge in [-0.15, -0.1) is 0 Å². The number of allylic oxidation sites excluding steroid dienone is 11. The van der Waals surface area contributed by atoms with Crippen LogP contribution < -0.4 is 10.2 Å². The van der Waals surface area contributed by atoms with E-state index in [9.17, 15) is 15.0 Å². The second-order valence-corrected chi connectivity index (χ2v) is 3.54. The van der Waals surface area contributed by atoms with Gasteiger partial charge in [-0.3, -0.25) is 4.79 Å². The third-order valence-electron chi connectivity index (χ3n) is 2.15. The van der Waals surface area contributed by atoms with E-state index in [1.807, 2.05) is 0 Å². The van der Waals surface area contributed by atoms with Gasteiger partial charge in [-0.1, -0.05) is 54.4 Å². The predicted molar refractivity (Wildman–Crippen MR) is 63.9 cm³/mol. The molecule has 2 aliphatic rings. The minimum Gasteiger partial charge on any atom is -0.870 e. The molecule has 0 aromatic rings. The summed E-state index contributed by atoms with van der Waals surface area (Å²) in [4.78, 5) is 10.5. The minimum atomic E-state index is -0.866. The standard InChI is InChI=1S/C8H8O2.C6H6O2.Fe/c1-6(9)8(10)7-4-2-3-5-7;7-6(8)5-3-1-2-4-5;/h2-5,10H,1H3;1-4,7-8H;/q;;+2/p-2. The van der Waals surface area contributed by atoms with Crippen molar-refractivity contribution in [2.75, 3.05) is 0 Å². The van der Waals surface area contributed by atoms with Crippen LogP contribution in [0.25, 0.3) is 0 Å². The van der Waals surface area contributed by atoms with E-state index in [0.29, 0.717) is 11.1 Å². The third-order valence-corrected chi connectivity index (χ3v) is 2.15. The Hall–Kier alpha value is -1.97. The first-order valence-electron chi connectivity index (χ1n) is 5.24. The molecule has 0 bridgehead atoms. The van der Waals surface area contributed by atoms with Gasteiger partial charge in [-0.2, -0.15) is 0 Å². The van der Waals surface area contributed by atoms with Crippen molar-refractivity contribution in [3.63, 3.8) is 0 Å². The van der Waals surface area contributed by atoms with Crippen molar-refractivity contribution >= 4 is 5.78 Å². The molecule has 2 rings (SSSR count). The van der Waals surface area contributed by atoms with Gasteiger partial charge in [0.05, 0.1) is 5.95 Å². The van der Waals surface area contributed by atoms with Crippen LogP contribution in [0.15, 0.2) is 71.5 Å². The Morgan fingerprint density at radius 2 is 1.32 bits per heavy atom. The van der Waals surface area contributed by atoms with E-state index < -0.39 is 17.5 Å². The smallest absolute Gasteiger partial charge is 0.870 e. The average molecular weight is 300 g/mol. The molecule has 0 atom stereocenters. The van der Waals surface area contributed by atoms with E-state index in [4.69, 9.17) is 5.11 Å². The molecule has 0 saturated carbocycles. The van der Waals surface area contributed by atoms with Gasteiger partial charge in [-0.05, 0) is 18.1 Å². The summed E-state index contributed by atoms with van der Waals surface area (Å²) in [5.41, 5.74) is 0.831. The maximum Gasteiger partial charge on any atom is 2.00 e. The Morgan fingerprint density at radius 3 is 1.58 bits per heavy atom. The van der Waals surface area contributed by atoms with E-state index in [1.165, 1.54) is 6.92 Å². The Balaban J connectivity index is 0.000000331. The summed E-state index contributed by atoms with van der Waals surface area (Å²) in [6.45, 7) is 1.27. The topological polar surface area (TPSA) is 83.4 Å². The second kappa shape index (κ2) is 8.19. The number of aliphatic hydroxyl groups excluding tert-OH is 1. The zero-order valence-corrected chi connectivity index (χ0v) is 11.2. The molecular formula is C14H12FeO4. The zero-order valence-electron chi connectivity index (χ0n) is 10.1. The molecule has 2 aliphatic carbocycles. The first kappa shape index (κ1) is 17.0. The summed E-state index contributed by atoms with van der Waals surface area (Å²) < 4.78 is 0. The number of rotatable bonds is 1. The maximum absolute atomic E-state index is 10.9. The van der Waals surface area contributed by atoms with Crippen molar-refractivity contribution in [3.05, 3.63) is 71.5 Å². The summed E-state index contributed by atoms with van der Waals surface area (Å²) in [6, 6.07) is 0. The van der Waals surface area contributed by atoms with Crippen molar-refractivity contribution in [1.29, 1.82) is 0 Å². The summed E-state index contributed by atoms with van der Waals surface area (Å²) in [7, 11) is 0. The Morgan fingerprint density at radius 1 is 0.947 bits per heavy atom. The fourth-order valence-electron chi connectivity index (χ4n) is 1.25. The quantitative estimate of drug-likeness (QED) is 0.435. The summed E-state index contributed by atoms with van der Waals surface area (Å²) in [6.07, 6.45) is 13.2. The van der Waals surface area contributed by atoms with Gasteiger partial charge in [0.1, 0.15) is 5.78 Å². The summed E-state index contributed by atoms with van der Waals surface area (Å²) in [5.74, 6) is -1.69. The van der Waals surface area contributed by atoms with Crippen molar-refractivity contribution in [3.8, 4) is 0 Å². The van der Waals surface area contributed by atoms with Gasteiger partial charge in [0, 0.05) is 0 Å². The molecule has 0 heterocycles. The molecule has 5 heteroatoms. The first-order chi connectivity index (χ1) is 8.52. The number of aliphatic hydroxyl groups is 1. The molecule has 0 fully saturated rings. The minimum absolute atomic E-state index is 0. The van der Waals surface area contributed by atoms with E-state index in [2.05, 4.69) is 0 Å². The van der Waals surface area contributed by atoms with Crippen molar-refractivity contribution < 1.29 is 37.2 Å². The van der Waals surface area contributed by atoms with Crippen LogP contribution in [0.1, 0.15) is 6.92 Å². The van der Waals surface area contributed by atoms with E-state index in [0.717, 1.165) is 0 Å². The normalized spacial score (nSPS) is 13.9. The van der Waals surface area contributed by atoms with Gasteiger partial charge in [0.2, 0.25) is 0 Å². The fourth-order valence-corrected chi connectivity index (χ4v) is 1.25. The second-order valence-electron chi connectivity index (χ2n) is 3.54. The molecule has 1 N–H and O–H groups in total. The van der Waals surface area contributed by atoms with E-state index in [-0.39, 0.29) is 17.1 Å².